The molecule has 0 saturated carbocycles. The summed E-state index contributed by atoms with van der Waals surface area (Å²) in [4.78, 5) is 13.3. The van der Waals surface area contributed by atoms with Gasteiger partial charge in [-0.2, -0.15) is 0 Å². The molecule has 0 radical (unpaired) electrons. The summed E-state index contributed by atoms with van der Waals surface area (Å²) in [7, 11) is 0. The zero-order valence-electron chi connectivity index (χ0n) is 11.7. The van der Waals surface area contributed by atoms with Crippen molar-refractivity contribution < 1.29 is 9.53 Å². The van der Waals surface area contributed by atoms with Crippen molar-refractivity contribution in [1.29, 1.82) is 0 Å². The van der Waals surface area contributed by atoms with Crippen LogP contribution in [0, 0.1) is 5.92 Å². The molecule has 106 valence electrons. The van der Waals surface area contributed by atoms with Gasteiger partial charge in [0, 0.05) is 33.2 Å². The Morgan fingerprint density at radius 2 is 2.17 bits per heavy atom. The van der Waals surface area contributed by atoms with Crippen molar-refractivity contribution in [1.82, 2.24) is 10.2 Å². The van der Waals surface area contributed by atoms with Crippen LogP contribution in [0.25, 0.3) is 0 Å². The van der Waals surface area contributed by atoms with Crippen molar-refractivity contribution in [3.63, 3.8) is 0 Å². The number of hydrogen-bond donors (Lipinski definition) is 2. The molecule has 5 nitrogen and oxygen atoms in total. The maximum atomic E-state index is 10.9. The Morgan fingerprint density at radius 1 is 1.50 bits per heavy atom. The van der Waals surface area contributed by atoms with Gasteiger partial charge in [-0.15, -0.1) is 0 Å². The first-order chi connectivity index (χ1) is 8.65. The number of likely N-dealkylation sites (tertiary alicyclic amines) is 1. The van der Waals surface area contributed by atoms with Gasteiger partial charge in [0.15, 0.2) is 0 Å². The zero-order chi connectivity index (χ0) is 13.4. The Hall–Kier alpha value is -0.650. The Kier molecular flexibility index (Phi) is 7.23. The van der Waals surface area contributed by atoms with Crippen molar-refractivity contribution in [3.05, 3.63) is 0 Å². The molecule has 0 aromatic rings. The summed E-state index contributed by atoms with van der Waals surface area (Å²) in [6.07, 6.45) is 2.44. The van der Waals surface area contributed by atoms with Crippen LogP contribution in [-0.4, -0.2) is 56.2 Å². The molecule has 0 aromatic carbocycles. The lowest BCUT2D eigenvalue weighted by Gasteiger charge is -2.33. The van der Waals surface area contributed by atoms with Crippen LogP contribution in [0.4, 0.5) is 0 Å². The van der Waals surface area contributed by atoms with Gasteiger partial charge in [-0.1, -0.05) is 0 Å². The molecule has 0 aromatic heterocycles. The smallest absolute Gasteiger partial charge is 0.216 e. The number of nitrogens with one attached hydrogen (secondary N) is 1. The molecule has 1 heterocycles. The summed E-state index contributed by atoms with van der Waals surface area (Å²) < 4.78 is 5.58. The summed E-state index contributed by atoms with van der Waals surface area (Å²) in [6, 6.07) is 0. The molecule has 5 heteroatoms. The van der Waals surface area contributed by atoms with Gasteiger partial charge in [0.05, 0.1) is 6.10 Å². The Bertz CT molecular complexity index is 240. The average Bonchev–Trinajstić information content (AvgIpc) is 2.37. The highest BCUT2D eigenvalue weighted by Crippen LogP contribution is 2.16. The van der Waals surface area contributed by atoms with E-state index >= 15 is 0 Å². The van der Waals surface area contributed by atoms with Crippen molar-refractivity contribution in [2.75, 3.05) is 39.3 Å². The van der Waals surface area contributed by atoms with E-state index in [0.29, 0.717) is 12.5 Å². The first-order valence-electron chi connectivity index (χ1n) is 6.94. The number of hydrogen-bond acceptors (Lipinski definition) is 4. The summed E-state index contributed by atoms with van der Waals surface area (Å²) in [5.74, 6) is 0.686. The van der Waals surface area contributed by atoms with Gasteiger partial charge in [0.1, 0.15) is 0 Å². The summed E-state index contributed by atoms with van der Waals surface area (Å²) >= 11 is 0. The van der Waals surface area contributed by atoms with E-state index in [4.69, 9.17) is 10.5 Å². The lowest BCUT2D eigenvalue weighted by Crippen LogP contribution is -2.43. The molecule has 0 spiro atoms. The highest BCUT2D eigenvalue weighted by molar-refractivity contribution is 5.72. The third-order valence-electron chi connectivity index (χ3n) is 3.47. The number of carbonyl (C=O) groups is 1. The molecule has 18 heavy (non-hydrogen) atoms. The van der Waals surface area contributed by atoms with E-state index < -0.39 is 0 Å². The molecule has 1 rings (SSSR count). The Labute approximate surface area is 110 Å². The van der Waals surface area contributed by atoms with Gasteiger partial charge in [0.2, 0.25) is 5.91 Å². The SMILES string of the molecule is CCOC(CN)CN1CCC(CNC(C)=O)CC1. The van der Waals surface area contributed by atoms with Gasteiger partial charge in [-0.05, 0) is 38.8 Å². The van der Waals surface area contributed by atoms with Crippen molar-refractivity contribution in [2.45, 2.75) is 32.8 Å². The van der Waals surface area contributed by atoms with Crippen molar-refractivity contribution in [2.24, 2.45) is 11.7 Å². The van der Waals surface area contributed by atoms with E-state index in [-0.39, 0.29) is 12.0 Å². The van der Waals surface area contributed by atoms with E-state index in [9.17, 15) is 4.79 Å². The van der Waals surface area contributed by atoms with Crippen LogP contribution in [0.1, 0.15) is 26.7 Å². The maximum absolute atomic E-state index is 10.9. The van der Waals surface area contributed by atoms with Crippen LogP contribution >= 0.6 is 0 Å². The molecule has 1 atom stereocenters. The average molecular weight is 257 g/mol. The van der Waals surface area contributed by atoms with E-state index in [1.807, 2.05) is 6.92 Å². The third kappa shape index (κ3) is 5.80. The fourth-order valence-electron chi connectivity index (χ4n) is 2.38. The fraction of sp³-hybridized carbons (Fsp3) is 0.923. The normalized spacial score (nSPS) is 19.7. The minimum atomic E-state index is 0.0666. The highest BCUT2D eigenvalue weighted by atomic mass is 16.5. The molecule has 1 aliphatic heterocycles. The largest absolute Gasteiger partial charge is 0.376 e. The van der Waals surface area contributed by atoms with Gasteiger partial charge in [-0.25, -0.2) is 0 Å². The van der Waals surface area contributed by atoms with Gasteiger partial charge >= 0.3 is 0 Å². The molecule has 1 amide bonds. The number of rotatable bonds is 7. The molecule has 1 unspecified atom stereocenters. The van der Waals surface area contributed by atoms with E-state index in [2.05, 4.69) is 10.2 Å². The lowest BCUT2D eigenvalue weighted by molar-refractivity contribution is -0.119. The molecular formula is C13H27N3O2. The molecule has 0 aliphatic carbocycles. The monoisotopic (exact) mass is 257 g/mol. The summed E-state index contributed by atoms with van der Waals surface area (Å²) in [5.41, 5.74) is 5.69. The molecule has 3 N–H and O–H groups in total. The van der Waals surface area contributed by atoms with E-state index in [1.165, 1.54) is 0 Å². The van der Waals surface area contributed by atoms with Gasteiger partial charge in [0.25, 0.3) is 0 Å². The number of carbonyl (C=O) groups excluding carboxylic acids is 1. The number of nitrogens with zero attached hydrogens (tertiary/aromatic N) is 1. The molecular weight excluding hydrogens is 230 g/mol. The van der Waals surface area contributed by atoms with Crippen molar-refractivity contribution >= 4 is 5.91 Å². The van der Waals surface area contributed by atoms with Crippen LogP contribution in [-0.2, 0) is 9.53 Å². The fourth-order valence-corrected chi connectivity index (χ4v) is 2.38. The minimum Gasteiger partial charge on any atom is -0.376 e. The maximum Gasteiger partial charge on any atom is 0.216 e. The van der Waals surface area contributed by atoms with Gasteiger partial charge < -0.3 is 20.7 Å². The van der Waals surface area contributed by atoms with E-state index in [0.717, 1.165) is 45.6 Å². The van der Waals surface area contributed by atoms with Crippen LogP contribution in [0.2, 0.25) is 0 Å². The van der Waals surface area contributed by atoms with Crippen LogP contribution < -0.4 is 11.1 Å². The number of ether oxygens (including phenoxy) is 1. The molecule has 0 bridgehead atoms. The standard InChI is InChI=1S/C13H27N3O2/c1-3-18-13(8-14)10-16-6-4-12(5-7-16)9-15-11(2)17/h12-13H,3-10,14H2,1-2H3,(H,15,17). The molecule has 1 aliphatic rings. The predicted octanol–water partition coefficient (Wildman–Crippen LogP) is 0.198. The number of nitrogens with two attached hydrogens (primary N) is 1. The first kappa shape index (κ1) is 15.4. The predicted molar refractivity (Wildman–Crippen MR) is 72.3 cm³/mol. The molecule has 1 saturated heterocycles. The van der Waals surface area contributed by atoms with Crippen molar-refractivity contribution in [3.8, 4) is 0 Å². The topological polar surface area (TPSA) is 67.6 Å². The Morgan fingerprint density at radius 3 is 2.67 bits per heavy atom. The van der Waals surface area contributed by atoms with Crippen LogP contribution in [0.15, 0.2) is 0 Å². The van der Waals surface area contributed by atoms with E-state index in [1.54, 1.807) is 6.92 Å². The third-order valence-corrected chi connectivity index (χ3v) is 3.47. The number of piperidine rings is 1. The van der Waals surface area contributed by atoms with Crippen LogP contribution in [0.3, 0.4) is 0 Å². The highest BCUT2D eigenvalue weighted by Gasteiger charge is 2.21. The quantitative estimate of drug-likeness (QED) is 0.683. The summed E-state index contributed by atoms with van der Waals surface area (Å²) in [5, 5.41) is 2.90. The summed E-state index contributed by atoms with van der Waals surface area (Å²) in [6.45, 7) is 8.78. The minimum absolute atomic E-state index is 0.0666. The lowest BCUT2D eigenvalue weighted by atomic mass is 9.96. The second-order valence-corrected chi connectivity index (χ2v) is 4.99. The zero-order valence-corrected chi connectivity index (χ0v) is 11.7. The first-order valence-corrected chi connectivity index (χ1v) is 6.94. The molecule has 1 fully saturated rings. The second kappa shape index (κ2) is 8.45. The van der Waals surface area contributed by atoms with Gasteiger partial charge in [-0.3, -0.25) is 4.79 Å². The second-order valence-electron chi connectivity index (χ2n) is 4.99. The number of amides is 1. The van der Waals surface area contributed by atoms with Crippen LogP contribution in [0.5, 0.6) is 0 Å². The Balaban J connectivity index is 2.20.